The molecule has 3 aromatic rings. The van der Waals surface area contributed by atoms with Crippen molar-refractivity contribution in [1.82, 2.24) is 9.97 Å². The first-order chi connectivity index (χ1) is 7.65. The second kappa shape index (κ2) is 2.91. The van der Waals surface area contributed by atoms with E-state index in [4.69, 9.17) is 4.42 Å². The van der Waals surface area contributed by atoms with Gasteiger partial charge in [-0.3, -0.25) is 4.79 Å². The normalized spacial score (nSPS) is 11.4. The van der Waals surface area contributed by atoms with Crippen molar-refractivity contribution in [2.24, 2.45) is 0 Å². The average molecular weight is 218 g/mol. The molecule has 3 rings (SSSR count). The number of nitrogens with zero attached hydrogens (tertiary/aromatic N) is 1. The lowest BCUT2D eigenvalue weighted by Crippen LogP contribution is -2.02. The number of hydrogen-bond acceptors (Lipinski definition) is 3. The average Bonchev–Trinajstić information content (AvgIpc) is 2.59. The predicted molar refractivity (Wildman–Crippen MR) is 56.8 cm³/mol. The Morgan fingerprint density at radius 1 is 1.44 bits per heavy atom. The predicted octanol–water partition coefficient (Wildman–Crippen LogP) is 2.12. The molecule has 0 atom stereocenters. The highest BCUT2D eigenvalue weighted by Crippen LogP contribution is 2.17. The Morgan fingerprint density at radius 2 is 2.25 bits per heavy atom. The maximum atomic E-state index is 13.0. The number of fused-ring (bicyclic) bond motifs is 2. The van der Waals surface area contributed by atoms with Gasteiger partial charge >= 0.3 is 0 Å². The summed E-state index contributed by atoms with van der Waals surface area (Å²) in [5, 5.41) is 0.345. The topological polar surface area (TPSA) is 58.9 Å². The van der Waals surface area contributed by atoms with Crippen molar-refractivity contribution < 1.29 is 8.81 Å². The number of hydrogen-bond donors (Lipinski definition) is 1. The van der Waals surface area contributed by atoms with Crippen LogP contribution in [0.1, 0.15) is 5.82 Å². The van der Waals surface area contributed by atoms with E-state index >= 15 is 0 Å². The summed E-state index contributed by atoms with van der Waals surface area (Å²) in [6.45, 7) is 1.72. The van der Waals surface area contributed by atoms with Crippen molar-refractivity contribution >= 4 is 22.2 Å². The fourth-order valence-corrected chi connectivity index (χ4v) is 1.71. The lowest BCUT2D eigenvalue weighted by Gasteiger charge is -1.96. The van der Waals surface area contributed by atoms with Gasteiger partial charge in [0.1, 0.15) is 17.2 Å². The summed E-state index contributed by atoms with van der Waals surface area (Å²) in [5.74, 6) is 0.147. The minimum atomic E-state index is -0.442. The molecule has 0 aliphatic rings. The summed E-state index contributed by atoms with van der Waals surface area (Å²) < 4.78 is 18.3. The van der Waals surface area contributed by atoms with Crippen LogP contribution in [0.25, 0.3) is 22.2 Å². The monoisotopic (exact) mass is 218 g/mol. The SMILES string of the molecule is Cc1nc2oc3cc(F)ccc3c(=O)c2[nH]1. The maximum Gasteiger partial charge on any atom is 0.249 e. The van der Waals surface area contributed by atoms with Crippen LogP contribution < -0.4 is 5.43 Å². The van der Waals surface area contributed by atoms with Crippen LogP contribution in [0.2, 0.25) is 0 Å². The molecular formula is C11H7FN2O2. The Kier molecular flexibility index (Phi) is 1.65. The van der Waals surface area contributed by atoms with Crippen LogP contribution in [0.15, 0.2) is 27.4 Å². The van der Waals surface area contributed by atoms with E-state index in [1.54, 1.807) is 6.92 Å². The molecule has 1 aromatic carbocycles. The number of aryl methyl sites for hydroxylation is 1. The number of H-pyrrole nitrogens is 1. The number of aromatic nitrogens is 2. The van der Waals surface area contributed by atoms with Gasteiger partial charge < -0.3 is 9.40 Å². The van der Waals surface area contributed by atoms with E-state index in [0.717, 1.165) is 0 Å². The molecule has 0 aliphatic carbocycles. The number of aromatic amines is 1. The molecule has 0 amide bonds. The Balaban J connectivity index is 2.60. The highest BCUT2D eigenvalue weighted by Gasteiger charge is 2.11. The zero-order valence-electron chi connectivity index (χ0n) is 8.37. The minimum absolute atomic E-state index is 0.209. The third-order valence-corrected chi connectivity index (χ3v) is 2.41. The van der Waals surface area contributed by atoms with Crippen molar-refractivity contribution in [2.75, 3.05) is 0 Å². The first kappa shape index (κ1) is 9.08. The molecule has 0 saturated heterocycles. The summed E-state index contributed by atoms with van der Waals surface area (Å²) in [6, 6.07) is 3.82. The number of benzene rings is 1. The van der Waals surface area contributed by atoms with Crippen LogP contribution in [0.4, 0.5) is 4.39 Å². The van der Waals surface area contributed by atoms with Crippen LogP contribution in [-0.2, 0) is 0 Å². The molecule has 0 spiro atoms. The summed E-state index contributed by atoms with van der Waals surface area (Å²) in [7, 11) is 0. The van der Waals surface area contributed by atoms with E-state index in [1.165, 1.54) is 18.2 Å². The van der Waals surface area contributed by atoms with Gasteiger partial charge in [-0.1, -0.05) is 0 Å². The van der Waals surface area contributed by atoms with Gasteiger partial charge in [-0.15, -0.1) is 0 Å². The summed E-state index contributed by atoms with van der Waals surface area (Å²) in [6.07, 6.45) is 0. The lowest BCUT2D eigenvalue weighted by molar-refractivity contribution is 0.612. The molecule has 0 saturated carbocycles. The van der Waals surface area contributed by atoms with Crippen LogP contribution >= 0.6 is 0 Å². The highest BCUT2D eigenvalue weighted by atomic mass is 19.1. The molecule has 80 valence electrons. The summed E-state index contributed by atoms with van der Waals surface area (Å²) in [5.41, 5.74) is 0.512. The first-order valence-electron chi connectivity index (χ1n) is 4.74. The molecule has 0 unspecified atom stereocenters. The highest BCUT2D eigenvalue weighted by molar-refractivity contribution is 5.86. The van der Waals surface area contributed by atoms with Gasteiger partial charge in [0, 0.05) is 6.07 Å². The Morgan fingerprint density at radius 3 is 3.06 bits per heavy atom. The Bertz CT molecular complexity index is 758. The van der Waals surface area contributed by atoms with Crippen LogP contribution in [0.5, 0.6) is 0 Å². The fraction of sp³-hybridized carbons (Fsp3) is 0.0909. The molecular weight excluding hydrogens is 211 g/mol. The molecule has 4 nitrogen and oxygen atoms in total. The summed E-state index contributed by atoms with van der Waals surface area (Å²) in [4.78, 5) is 18.8. The zero-order chi connectivity index (χ0) is 11.3. The number of nitrogens with one attached hydrogen (secondary N) is 1. The molecule has 0 bridgehead atoms. The third kappa shape index (κ3) is 1.14. The van der Waals surface area contributed by atoms with Gasteiger partial charge in [0.15, 0.2) is 5.52 Å². The quantitative estimate of drug-likeness (QED) is 0.628. The van der Waals surface area contributed by atoms with Crippen molar-refractivity contribution in [3.63, 3.8) is 0 Å². The molecule has 2 aromatic heterocycles. The molecule has 1 N–H and O–H groups in total. The lowest BCUT2D eigenvalue weighted by atomic mass is 10.2. The largest absolute Gasteiger partial charge is 0.436 e. The molecule has 16 heavy (non-hydrogen) atoms. The molecule has 0 fully saturated rings. The van der Waals surface area contributed by atoms with E-state index < -0.39 is 5.82 Å². The van der Waals surface area contributed by atoms with Gasteiger partial charge in [0.25, 0.3) is 0 Å². The van der Waals surface area contributed by atoms with Crippen molar-refractivity contribution in [2.45, 2.75) is 6.92 Å². The second-order valence-corrected chi connectivity index (χ2v) is 3.57. The van der Waals surface area contributed by atoms with E-state index in [0.29, 0.717) is 16.7 Å². The number of imidazole rings is 1. The zero-order valence-corrected chi connectivity index (χ0v) is 8.37. The van der Waals surface area contributed by atoms with Crippen LogP contribution in [-0.4, -0.2) is 9.97 Å². The number of halogens is 1. The molecule has 5 heteroatoms. The smallest absolute Gasteiger partial charge is 0.249 e. The van der Waals surface area contributed by atoms with E-state index in [-0.39, 0.29) is 16.7 Å². The Labute approximate surface area is 88.7 Å². The molecule has 0 radical (unpaired) electrons. The summed E-state index contributed by atoms with van der Waals surface area (Å²) >= 11 is 0. The van der Waals surface area contributed by atoms with Crippen LogP contribution in [0.3, 0.4) is 0 Å². The van der Waals surface area contributed by atoms with Crippen molar-refractivity contribution in [3.05, 3.63) is 40.1 Å². The van der Waals surface area contributed by atoms with E-state index in [2.05, 4.69) is 9.97 Å². The maximum absolute atomic E-state index is 13.0. The van der Waals surface area contributed by atoms with Gasteiger partial charge in [0.2, 0.25) is 11.1 Å². The van der Waals surface area contributed by atoms with Crippen molar-refractivity contribution in [1.29, 1.82) is 0 Å². The third-order valence-electron chi connectivity index (χ3n) is 2.41. The fourth-order valence-electron chi connectivity index (χ4n) is 1.71. The second-order valence-electron chi connectivity index (χ2n) is 3.57. The van der Waals surface area contributed by atoms with Crippen molar-refractivity contribution in [3.8, 4) is 0 Å². The van der Waals surface area contributed by atoms with E-state index in [1.807, 2.05) is 0 Å². The first-order valence-corrected chi connectivity index (χ1v) is 4.74. The van der Waals surface area contributed by atoms with Gasteiger partial charge in [0.05, 0.1) is 5.39 Å². The minimum Gasteiger partial charge on any atom is -0.436 e. The standard InChI is InChI=1S/C11H7FN2O2/c1-5-13-9-10(15)7-3-2-6(12)4-8(7)16-11(9)14-5/h2-4H,1H3,(H,13,14). The number of rotatable bonds is 0. The molecule has 2 heterocycles. The van der Waals surface area contributed by atoms with Gasteiger partial charge in [-0.25, -0.2) is 4.39 Å². The van der Waals surface area contributed by atoms with Gasteiger partial charge in [-0.2, -0.15) is 4.98 Å². The molecule has 0 aliphatic heterocycles. The van der Waals surface area contributed by atoms with Crippen LogP contribution in [0, 0.1) is 12.7 Å². The Hall–Kier alpha value is -2.17. The van der Waals surface area contributed by atoms with E-state index in [9.17, 15) is 9.18 Å². The van der Waals surface area contributed by atoms with Gasteiger partial charge in [-0.05, 0) is 19.1 Å².